The van der Waals surface area contributed by atoms with Gasteiger partial charge in [-0.2, -0.15) is 29.0 Å². The molecule has 14 heteroatoms. The van der Waals surface area contributed by atoms with Crippen molar-refractivity contribution in [2.45, 2.75) is 25.9 Å². The van der Waals surface area contributed by atoms with Crippen LogP contribution in [0.1, 0.15) is 13.8 Å². The van der Waals surface area contributed by atoms with E-state index in [4.69, 9.17) is 37.3 Å². The van der Waals surface area contributed by atoms with E-state index >= 15 is 0 Å². The molecule has 0 bridgehead atoms. The number of likely N-dealkylation sites (N-methyl/N-ethyl adjacent to an activating group) is 1. The number of nitrogens with zero attached hydrogens (tertiary/aromatic N) is 1. The van der Waals surface area contributed by atoms with Gasteiger partial charge in [0.25, 0.3) is 5.79 Å². The van der Waals surface area contributed by atoms with Crippen molar-refractivity contribution in [1.82, 2.24) is 4.90 Å². The van der Waals surface area contributed by atoms with Crippen molar-refractivity contribution in [1.29, 1.82) is 0 Å². The Morgan fingerprint density at radius 1 is 1.04 bits per heavy atom. The van der Waals surface area contributed by atoms with E-state index in [9.17, 15) is 4.79 Å². The summed E-state index contributed by atoms with van der Waals surface area (Å²) < 4.78 is 13.4. The van der Waals surface area contributed by atoms with Gasteiger partial charge in [0, 0.05) is 13.8 Å². The van der Waals surface area contributed by atoms with Gasteiger partial charge < -0.3 is 30.5 Å². The molecule has 142 valence electrons. The topological polar surface area (TPSA) is 203 Å². The molecule has 0 aliphatic carbocycles. The summed E-state index contributed by atoms with van der Waals surface area (Å²) in [6.45, 7) is 3.06. The van der Waals surface area contributed by atoms with E-state index in [1.54, 1.807) is 25.9 Å². The molecule has 1 aliphatic heterocycles. The Bertz CT molecular complexity index is 340. The van der Waals surface area contributed by atoms with Gasteiger partial charge in [-0.3, -0.25) is 9.69 Å². The van der Waals surface area contributed by atoms with Gasteiger partial charge in [-0.1, -0.05) is 0 Å². The van der Waals surface area contributed by atoms with E-state index < -0.39 is 12.0 Å². The normalized spacial score (nSPS) is 11.5. The number of hydrogen-bond acceptors (Lipinski definition) is 10. The van der Waals surface area contributed by atoms with Crippen molar-refractivity contribution in [2.75, 3.05) is 14.1 Å². The number of rotatable bonds is 3. The van der Waals surface area contributed by atoms with Crippen molar-refractivity contribution in [2.24, 2.45) is 0 Å². The fourth-order valence-corrected chi connectivity index (χ4v) is 0.987. The van der Waals surface area contributed by atoms with Crippen LogP contribution in [0.4, 0.5) is 0 Å². The molecule has 0 aromatic rings. The first kappa shape index (κ1) is 49.6. The SMILES string of the molecule is CC(=O)OC(N(C)C)C1(C)OO1.O.O.O=C=O.O=C=O.[CH3-].[CH3-].[O]=[Zn].[Zn+2]. The van der Waals surface area contributed by atoms with Gasteiger partial charge in [-0.25, -0.2) is 0 Å². The van der Waals surface area contributed by atoms with E-state index in [2.05, 4.69) is 0 Å². The largest absolute Gasteiger partial charge is 2.00 e. The van der Waals surface area contributed by atoms with Crippen LogP contribution < -0.4 is 0 Å². The van der Waals surface area contributed by atoms with E-state index in [0.717, 1.165) is 0 Å². The summed E-state index contributed by atoms with van der Waals surface area (Å²) in [5, 5.41) is 0. The molecule has 12 nitrogen and oxygen atoms in total. The van der Waals surface area contributed by atoms with E-state index in [1.165, 1.54) is 6.92 Å². The third kappa shape index (κ3) is 31.4. The van der Waals surface area contributed by atoms with E-state index in [1.807, 2.05) is 0 Å². The van der Waals surface area contributed by atoms with Gasteiger partial charge in [-0.05, 0) is 14.1 Å². The molecule has 1 saturated heterocycles. The first-order valence-electron chi connectivity index (χ1n) is 4.77. The third-order valence-corrected chi connectivity index (χ3v) is 1.54. The van der Waals surface area contributed by atoms with Gasteiger partial charge in [0.1, 0.15) is 0 Å². The average Bonchev–Trinajstić information content (AvgIpc) is 3.09. The molecule has 1 atom stereocenters. The summed E-state index contributed by atoms with van der Waals surface area (Å²) in [6.07, 6.45) is 0.00926. The number of ether oxygens (including phenoxy) is 1. The van der Waals surface area contributed by atoms with Crippen LogP contribution in [0, 0.1) is 14.9 Å². The summed E-state index contributed by atoms with van der Waals surface area (Å²) >= 11 is 0.125. The Kier molecular flexibility index (Phi) is 61.3. The molecule has 0 aromatic heterocycles. The Balaban J connectivity index is -0.0000000325. The second-order valence-corrected chi connectivity index (χ2v) is 3.27. The van der Waals surface area contributed by atoms with Crippen LogP contribution in [0.15, 0.2) is 0 Å². The molecule has 4 N–H and O–H groups in total. The van der Waals surface area contributed by atoms with Crippen molar-refractivity contribution < 1.29 is 90.7 Å². The maximum absolute atomic E-state index is 10.7. The smallest absolute Gasteiger partial charge is 2.00 e. The maximum atomic E-state index is 10.7. The molecule has 0 radical (unpaired) electrons. The van der Waals surface area contributed by atoms with Crippen molar-refractivity contribution in [3.05, 3.63) is 14.9 Å². The standard InChI is InChI=1S/C7H13NO4.2CO2.2CH3.2H2O.O.2Zn/c1-5(9)10-6(8(3)4)7(2)11-12-7;2*2-1-3;;;;;;;/h6H,1-4H3;;;2*1H3;2*1H2;;;/q;;;2*-1;;;;;+2. The molecular weight excluding hydrogens is 453 g/mol. The average molecular weight is 476 g/mol. The predicted octanol–water partition coefficient (Wildman–Crippen LogP) is -1.92. The molecule has 1 unspecified atom stereocenters. The Hall–Kier alpha value is -0.923. The Morgan fingerprint density at radius 3 is 1.40 bits per heavy atom. The van der Waals surface area contributed by atoms with Gasteiger partial charge in [0.2, 0.25) is 6.23 Å². The minimum atomic E-state index is -0.796. The summed E-state index contributed by atoms with van der Waals surface area (Å²) in [5.74, 6) is -1.15. The monoisotopic (exact) mass is 473 g/mol. The van der Waals surface area contributed by atoms with Crippen LogP contribution >= 0.6 is 0 Å². The molecule has 0 saturated carbocycles. The fourth-order valence-electron chi connectivity index (χ4n) is 0.987. The van der Waals surface area contributed by atoms with Gasteiger partial charge >= 0.3 is 59.6 Å². The van der Waals surface area contributed by atoms with Crippen molar-refractivity contribution in [3.8, 4) is 0 Å². The fraction of sp³-hybridized carbons (Fsp3) is 0.545. The second-order valence-electron chi connectivity index (χ2n) is 3.27. The zero-order valence-electron chi connectivity index (χ0n) is 15.1. The van der Waals surface area contributed by atoms with Crippen LogP contribution in [-0.2, 0) is 79.8 Å². The minimum Gasteiger partial charge on any atom is 2.00 e. The predicted molar refractivity (Wildman–Crippen MR) is 70.6 cm³/mol. The summed E-state index contributed by atoms with van der Waals surface area (Å²) in [4.78, 5) is 54.3. The van der Waals surface area contributed by atoms with Crippen LogP contribution in [-0.4, -0.2) is 60.2 Å². The number of carbonyl (C=O) groups is 1. The molecule has 25 heavy (non-hydrogen) atoms. The van der Waals surface area contributed by atoms with Crippen LogP contribution in [0.25, 0.3) is 0 Å². The van der Waals surface area contributed by atoms with Crippen LogP contribution in [0.5, 0.6) is 0 Å². The Morgan fingerprint density at radius 2 is 1.28 bits per heavy atom. The van der Waals surface area contributed by atoms with E-state index in [0.29, 0.717) is 0 Å². The Labute approximate surface area is 168 Å². The summed E-state index contributed by atoms with van der Waals surface area (Å²) in [7, 11) is 3.56. The first-order chi connectivity index (χ1) is 9.28. The second kappa shape index (κ2) is 30.9. The van der Waals surface area contributed by atoms with Gasteiger partial charge in [-0.15, -0.1) is 0 Å². The maximum Gasteiger partial charge on any atom is 2.00 e. The minimum absolute atomic E-state index is 0. The molecule has 0 amide bonds. The molecular formula is C11H23NO11Zn2. The van der Waals surface area contributed by atoms with Gasteiger partial charge in [0.05, 0.1) is 0 Å². The number of carbonyl (C=O) groups excluding carboxylic acids is 5. The number of esters is 1. The molecule has 1 aliphatic rings. The van der Waals surface area contributed by atoms with E-state index in [-0.39, 0.29) is 81.8 Å². The zero-order valence-corrected chi connectivity index (χ0v) is 21.0. The van der Waals surface area contributed by atoms with Gasteiger partial charge in [0.15, 0.2) is 0 Å². The zero-order chi connectivity index (χ0) is 16.8. The molecule has 0 spiro atoms. The number of hydrogen-bond donors (Lipinski definition) is 0. The van der Waals surface area contributed by atoms with Crippen LogP contribution in [0.2, 0.25) is 0 Å². The quantitative estimate of drug-likeness (QED) is 0.110. The molecule has 1 rings (SSSR count). The first-order valence-corrected chi connectivity index (χ1v) is 5.98. The summed E-state index contributed by atoms with van der Waals surface area (Å²) in [5.41, 5.74) is 0. The van der Waals surface area contributed by atoms with Crippen molar-refractivity contribution >= 4 is 18.3 Å². The molecule has 0 aromatic carbocycles. The van der Waals surface area contributed by atoms with Crippen molar-refractivity contribution in [3.63, 3.8) is 0 Å². The molecule has 1 heterocycles. The molecule has 1 fully saturated rings. The van der Waals surface area contributed by atoms with Crippen LogP contribution in [0.3, 0.4) is 0 Å². The summed E-state index contributed by atoms with van der Waals surface area (Å²) in [6, 6.07) is 0. The third-order valence-electron chi connectivity index (χ3n) is 1.54.